The van der Waals surface area contributed by atoms with E-state index < -0.39 is 5.97 Å². The van der Waals surface area contributed by atoms with E-state index in [0.717, 1.165) is 25.7 Å². The fraction of sp³-hybridized carbons (Fsp3) is 0.900. The number of carboxylic acids is 1. The van der Waals surface area contributed by atoms with Crippen LogP contribution in [0.4, 0.5) is 0 Å². The summed E-state index contributed by atoms with van der Waals surface area (Å²) in [4.78, 5) is 10.7. The molecule has 0 saturated heterocycles. The Labute approximate surface area is 79.3 Å². The average Bonchev–Trinajstić information content (AvgIpc) is 2.03. The lowest BCUT2D eigenvalue weighted by atomic mass is 9.74. The van der Waals surface area contributed by atoms with Crippen molar-refractivity contribution in [1.82, 2.24) is 0 Å². The van der Waals surface area contributed by atoms with E-state index in [9.17, 15) is 4.79 Å². The SMILES string of the molecule is CC(C)(N)C1CCC(C(=O)O)CC1. The molecule has 0 spiro atoms. The maximum absolute atomic E-state index is 10.7. The van der Waals surface area contributed by atoms with Gasteiger partial charge in [-0.1, -0.05) is 0 Å². The van der Waals surface area contributed by atoms with Crippen LogP contribution in [0.15, 0.2) is 0 Å². The Balaban J connectivity index is 2.44. The zero-order valence-corrected chi connectivity index (χ0v) is 8.42. The number of rotatable bonds is 2. The molecule has 0 aromatic rings. The first kappa shape index (κ1) is 10.5. The molecule has 3 N–H and O–H groups in total. The van der Waals surface area contributed by atoms with E-state index in [4.69, 9.17) is 10.8 Å². The Hall–Kier alpha value is -0.570. The molecule has 0 unspecified atom stereocenters. The van der Waals surface area contributed by atoms with Crippen molar-refractivity contribution in [2.75, 3.05) is 0 Å². The van der Waals surface area contributed by atoms with Gasteiger partial charge in [-0.25, -0.2) is 0 Å². The van der Waals surface area contributed by atoms with E-state index in [1.807, 2.05) is 13.8 Å². The summed E-state index contributed by atoms with van der Waals surface area (Å²) >= 11 is 0. The molecule has 0 aliphatic heterocycles. The Kier molecular flexibility index (Phi) is 2.96. The molecule has 3 nitrogen and oxygen atoms in total. The van der Waals surface area contributed by atoms with Crippen LogP contribution in [0.5, 0.6) is 0 Å². The van der Waals surface area contributed by atoms with Gasteiger partial charge >= 0.3 is 5.97 Å². The largest absolute Gasteiger partial charge is 0.481 e. The van der Waals surface area contributed by atoms with Gasteiger partial charge < -0.3 is 10.8 Å². The van der Waals surface area contributed by atoms with Gasteiger partial charge in [0.1, 0.15) is 0 Å². The smallest absolute Gasteiger partial charge is 0.306 e. The van der Waals surface area contributed by atoms with Gasteiger partial charge in [0.25, 0.3) is 0 Å². The molecule has 0 aromatic heterocycles. The quantitative estimate of drug-likeness (QED) is 0.687. The standard InChI is InChI=1S/C10H19NO2/c1-10(2,11)8-5-3-7(4-6-8)9(12)13/h7-8H,3-6,11H2,1-2H3,(H,12,13). The fourth-order valence-electron chi connectivity index (χ4n) is 2.08. The highest BCUT2D eigenvalue weighted by Crippen LogP contribution is 2.34. The summed E-state index contributed by atoms with van der Waals surface area (Å²) in [6.45, 7) is 4.05. The molecule has 13 heavy (non-hydrogen) atoms. The van der Waals surface area contributed by atoms with E-state index in [-0.39, 0.29) is 11.5 Å². The molecule has 1 aliphatic rings. The highest BCUT2D eigenvalue weighted by molar-refractivity contribution is 5.69. The monoisotopic (exact) mass is 185 g/mol. The van der Waals surface area contributed by atoms with Crippen LogP contribution in [-0.4, -0.2) is 16.6 Å². The summed E-state index contributed by atoms with van der Waals surface area (Å²) in [5, 5.41) is 8.80. The Morgan fingerprint density at radius 2 is 1.77 bits per heavy atom. The van der Waals surface area contributed by atoms with Crippen molar-refractivity contribution in [3.63, 3.8) is 0 Å². The third kappa shape index (κ3) is 2.69. The first-order valence-corrected chi connectivity index (χ1v) is 4.93. The molecular formula is C10H19NO2. The predicted molar refractivity (Wildman–Crippen MR) is 51.4 cm³/mol. The molecule has 1 rings (SSSR count). The highest BCUT2D eigenvalue weighted by atomic mass is 16.4. The van der Waals surface area contributed by atoms with E-state index >= 15 is 0 Å². The predicted octanol–water partition coefficient (Wildman–Crippen LogP) is 1.61. The van der Waals surface area contributed by atoms with E-state index in [1.54, 1.807) is 0 Å². The van der Waals surface area contributed by atoms with Crippen LogP contribution in [0.1, 0.15) is 39.5 Å². The van der Waals surface area contributed by atoms with Crippen molar-refractivity contribution in [1.29, 1.82) is 0 Å². The lowest BCUT2D eigenvalue weighted by molar-refractivity contribution is -0.143. The molecule has 0 radical (unpaired) electrons. The van der Waals surface area contributed by atoms with Gasteiger partial charge in [-0.15, -0.1) is 0 Å². The summed E-state index contributed by atoms with van der Waals surface area (Å²) in [6, 6.07) is 0. The van der Waals surface area contributed by atoms with E-state index in [1.165, 1.54) is 0 Å². The number of hydrogen-bond acceptors (Lipinski definition) is 2. The van der Waals surface area contributed by atoms with Gasteiger partial charge in [0.2, 0.25) is 0 Å². The Morgan fingerprint density at radius 1 is 1.31 bits per heavy atom. The topological polar surface area (TPSA) is 63.3 Å². The summed E-state index contributed by atoms with van der Waals surface area (Å²) in [5.74, 6) is -0.282. The summed E-state index contributed by atoms with van der Waals surface area (Å²) in [5.41, 5.74) is 5.83. The minimum absolute atomic E-state index is 0.126. The van der Waals surface area contributed by atoms with Crippen LogP contribution >= 0.6 is 0 Å². The van der Waals surface area contributed by atoms with Gasteiger partial charge in [0.05, 0.1) is 5.92 Å². The first-order valence-electron chi connectivity index (χ1n) is 4.93. The number of aliphatic carboxylic acids is 1. The number of hydrogen-bond donors (Lipinski definition) is 2. The molecule has 1 aliphatic carbocycles. The van der Waals surface area contributed by atoms with Gasteiger partial charge in [-0.2, -0.15) is 0 Å². The van der Waals surface area contributed by atoms with E-state index in [0.29, 0.717) is 5.92 Å². The van der Waals surface area contributed by atoms with Crippen molar-refractivity contribution >= 4 is 5.97 Å². The number of nitrogens with two attached hydrogens (primary N) is 1. The second kappa shape index (κ2) is 3.66. The number of carbonyl (C=O) groups is 1. The second-order valence-corrected chi connectivity index (χ2v) is 4.71. The van der Waals surface area contributed by atoms with Crippen LogP contribution in [-0.2, 0) is 4.79 Å². The minimum atomic E-state index is -0.645. The van der Waals surface area contributed by atoms with Crippen LogP contribution in [0.25, 0.3) is 0 Å². The third-order valence-electron chi connectivity index (χ3n) is 3.13. The van der Waals surface area contributed by atoms with Crippen molar-refractivity contribution in [3.05, 3.63) is 0 Å². The lowest BCUT2D eigenvalue weighted by Gasteiger charge is -2.35. The van der Waals surface area contributed by atoms with Crippen LogP contribution < -0.4 is 5.73 Å². The zero-order valence-electron chi connectivity index (χ0n) is 8.42. The van der Waals surface area contributed by atoms with Crippen LogP contribution in [0.3, 0.4) is 0 Å². The van der Waals surface area contributed by atoms with E-state index in [2.05, 4.69) is 0 Å². The van der Waals surface area contributed by atoms with Gasteiger partial charge in [-0.05, 0) is 45.4 Å². The number of carboxylic acid groups (broad SMARTS) is 1. The van der Waals surface area contributed by atoms with Crippen molar-refractivity contribution in [3.8, 4) is 0 Å². The third-order valence-corrected chi connectivity index (χ3v) is 3.13. The second-order valence-electron chi connectivity index (χ2n) is 4.71. The highest BCUT2D eigenvalue weighted by Gasteiger charge is 2.32. The molecule has 3 heteroatoms. The van der Waals surface area contributed by atoms with Crippen molar-refractivity contribution < 1.29 is 9.90 Å². The normalized spacial score (nSPS) is 30.1. The summed E-state index contributed by atoms with van der Waals surface area (Å²) in [6.07, 6.45) is 3.50. The molecule has 0 amide bonds. The average molecular weight is 185 g/mol. The van der Waals surface area contributed by atoms with Gasteiger partial charge in [-0.3, -0.25) is 4.79 Å². The molecule has 0 atom stereocenters. The Morgan fingerprint density at radius 3 is 2.08 bits per heavy atom. The molecule has 0 bridgehead atoms. The minimum Gasteiger partial charge on any atom is -0.481 e. The maximum atomic E-state index is 10.7. The molecular weight excluding hydrogens is 166 g/mol. The molecule has 1 saturated carbocycles. The molecule has 0 heterocycles. The fourth-order valence-corrected chi connectivity index (χ4v) is 2.08. The molecule has 1 fully saturated rings. The Bertz CT molecular complexity index is 188. The van der Waals surface area contributed by atoms with Crippen LogP contribution in [0.2, 0.25) is 0 Å². The van der Waals surface area contributed by atoms with Crippen molar-refractivity contribution in [2.45, 2.75) is 45.1 Å². The molecule has 0 aromatic carbocycles. The first-order chi connectivity index (χ1) is 5.91. The molecule has 76 valence electrons. The van der Waals surface area contributed by atoms with Crippen LogP contribution in [0, 0.1) is 11.8 Å². The maximum Gasteiger partial charge on any atom is 0.306 e. The van der Waals surface area contributed by atoms with Crippen molar-refractivity contribution in [2.24, 2.45) is 17.6 Å². The summed E-state index contributed by atoms with van der Waals surface area (Å²) in [7, 11) is 0. The van der Waals surface area contributed by atoms with Gasteiger partial charge in [0, 0.05) is 5.54 Å². The lowest BCUT2D eigenvalue weighted by Crippen LogP contribution is -2.43. The zero-order chi connectivity index (χ0) is 10.1. The van der Waals surface area contributed by atoms with Gasteiger partial charge in [0.15, 0.2) is 0 Å². The summed E-state index contributed by atoms with van der Waals surface area (Å²) < 4.78 is 0.